The second-order valence-electron chi connectivity index (χ2n) is 4.93. The van der Waals surface area contributed by atoms with Crippen LogP contribution in [0.4, 0.5) is 10.1 Å². The lowest BCUT2D eigenvalue weighted by atomic mass is 10.1. The molecule has 3 aromatic rings. The van der Waals surface area contributed by atoms with Crippen molar-refractivity contribution in [3.8, 4) is 0 Å². The molecule has 0 fully saturated rings. The van der Waals surface area contributed by atoms with Gasteiger partial charge in [0.05, 0.1) is 17.8 Å². The molecule has 3 N–H and O–H groups in total. The molecule has 1 aromatic carbocycles. The number of fused-ring (bicyclic) bond motifs is 1. The van der Waals surface area contributed by atoms with E-state index in [2.05, 4.69) is 10.3 Å². The highest BCUT2D eigenvalue weighted by molar-refractivity contribution is 5.98. The van der Waals surface area contributed by atoms with Crippen molar-refractivity contribution in [2.45, 2.75) is 13.5 Å². The Balaban J connectivity index is 1.89. The third kappa shape index (κ3) is 2.50. The molecule has 0 aliphatic rings. The molecule has 0 aliphatic carbocycles. The molecule has 6 heteroatoms. The number of pyridine rings is 1. The Labute approximate surface area is 125 Å². The molecule has 0 aliphatic heterocycles. The van der Waals surface area contributed by atoms with Gasteiger partial charge in [-0.2, -0.15) is 0 Å². The maximum absolute atomic E-state index is 13.3. The summed E-state index contributed by atoms with van der Waals surface area (Å²) in [6.07, 6.45) is 2.97. The fraction of sp³-hybridized carbons (Fsp3) is 0.125. The van der Waals surface area contributed by atoms with E-state index in [4.69, 9.17) is 10.2 Å². The van der Waals surface area contributed by atoms with Crippen LogP contribution in [0.25, 0.3) is 11.0 Å². The zero-order chi connectivity index (χ0) is 15.7. The standard InChI is InChI=1S/C16H14FN3O2/c1-9-11-6-10(17)2-3-14(11)22-15(9)8-20-13-4-5-19-7-12(13)16(18)21/h2-7H,8H2,1H3,(H2,18,21)(H,19,20). The topological polar surface area (TPSA) is 81.1 Å². The van der Waals surface area contributed by atoms with E-state index >= 15 is 0 Å². The van der Waals surface area contributed by atoms with Crippen LogP contribution in [-0.4, -0.2) is 10.9 Å². The molecule has 2 aromatic heterocycles. The van der Waals surface area contributed by atoms with Gasteiger partial charge in [0.1, 0.15) is 17.2 Å². The van der Waals surface area contributed by atoms with Gasteiger partial charge in [-0.15, -0.1) is 0 Å². The number of nitrogens with two attached hydrogens (primary N) is 1. The predicted octanol–water partition coefficient (Wildman–Crippen LogP) is 2.99. The molecule has 3 rings (SSSR count). The molecular weight excluding hydrogens is 285 g/mol. The fourth-order valence-electron chi connectivity index (χ4n) is 2.33. The lowest BCUT2D eigenvalue weighted by Gasteiger charge is -2.08. The molecule has 0 saturated carbocycles. The van der Waals surface area contributed by atoms with Crippen LogP contribution in [0.15, 0.2) is 41.1 Å². The number of rotatable bonds is 4. The summed E-state index contributed by atoms with van der Waals surface area (Å²) in [5, 5.41) is 3.84. The summed E-state index contributed by atoms with van der Waals surface area (Å²) in [6, 6.07) is 6.07. The number of aryl methyl sites for hydroxylation is 1. The Hall–Kier alpha value is -2.89. The highest BCUT2D eigenvalue weighted by Crippen LogP contribution is 2.27. The summed E-state index contributed by atoms with van der Waals surface area (Å²) in [6.45, 7) is 2.22. The third-order valence-electron chi connectivity index (χ3n) is 3.52. The molecule has 0 unspecified atom stereocenters. The van der Waals surface area contributed by atoms with Gasteiger partial charge >= 0.3 is 0 Å². The summed E-state index contributed by atoms with van der Waals surface area (Å²) < 4.78 is 19.0. The van der Waals surface area contributed by atoms with E-state index < -0.39 is 5.91 Å². The van der Waals surface area contributed by atoms with E-state index in [-0.39, 0.29) is 5.82 Å². The van der Waals surface area contributed by atoms with Gasteiger partial charge in [-0.3, -0.25) is 9.78 Å². The van der Waals surface area contributed by atoms with E-state index in [1.807, 2.05) is 6.92 Å². The Kier molecular flexibility index (Phi) is 3.50. The molecule has 5 nitrogen and oxygen atoms in total. The number of halogens is 1. The Morgan fingerprint density at radius 2 is 2.23 bits per heavy atom. The Morgan fingerprint density at radius 3 is 3.00 bits per heavy atom. The molecule has 0 bridgehead atoms. The molecular formula is C16H14FN3O2. The van der Waals surface area contributed by atoms with E-state index in [1.165, 1.54) is 18.3 Å². The largest absolute Gasteiger partial charge is 0.459 e. The number of carbonyl (C=O) groups excluding carboxylic acids is 1. The van der Waals surface area contributed by atoms with Crippen molar-refractivity contribution < 1.29 is 13.6 Å². The number of nitrogens with one attached hydrogen (secondary N) is 1. The average molecular weight is 299 g/mol. The number of anilines is 1. The van der Waals surface area contributed by atoms with Gasteiger partial charge in [-0.05, 0) is 31.2 Å². The van der Waals surface area contributed by atoms with E-state index in [0.717, 1.165) is 10.9 Å². The van der Waals surface area contributed by atoms with Crippen molar-refractivity contribution in [1.82, 2.24) is 4.98 Å². The normalized spacial score (nSPS) is 10.8. The first-order valence-electron chi connectivity index (χ1n) is 6.71. The van der Waals surface area contributed by atoms with Crippen LogP contribution in [-0.2, 0) is 6.54 Å². The van der Waals surface area contributed by atoms with Crippen molar-refractivity contribution in [3.63, 3.8) is 0 Å². The second-order valence-corrected chi connectivity index (χ2v) is 4.93. The van der Waals surface area contributed by atoms with E-state index in [0.29, 0.717) is 29.1 Å². The van der Waals surface area contributed by atoms with Crippen LogP contribution >= 0.6 is 0 Å². The minimum absolute atomic E-state index is 0.305. The number of amides is 1. The maximum Gasteiger partial charge on any atom is 0.252 e. The van der Waals surface area contributed by atoms with Gasteiger partial charge in [-0.25, -0.2) is 4.39 Å². The molecule has 0 atom stereocenters. The minimum Gasteiger partial charge on any atom is -0.459 e. The number of aromatic nitrogens is 1. The van der Waals surface area contributed by atoms with E-state index in [9.17, 15) is 9.18 Å². The minimum atomic E-state index is -0.556. The molecule has 1 amide bonds. The third-order valence-corrected chi connectivity index (χ3v) is 3.52. The predicted molar refractivity (Wildman–Crippen MR) is 81.0 cm³/mol. The number of nitrogens with zero attached hydrogens (tertiary/aromatic N) is 1. The first kappa shape index (κ1) is 14.1. The molecule has 0 radical (unpaired) electrons. The molecule has 112 valence electrons. The van der Waals surface area contributed by atoms with Crippen LogP contribution in [0.1, 0.15) is 21.7 Å². The van der Waals surface area contributed by atoms with Crippen LogP contribution in [0, 0.1) is 12.7 Å². The molecule has 2 heterocycles. The number of benzene rings is 1. The Morgan fingerprint density at radius 1 is 1.41 bits per heavy atom. The summed E-state index contributed by atoms with van der Waals surface area (Å²) in [4.78, 5) is 15.2. The van der Waals surface area contributed by atoms with Crippen LogP contribution < -0.4 is 11.1 Å². The number of primary amides is 1. The highest BCUT2D eigenvalue weighted by atomic mass is 19.1. The summed E-state index contributed by atoms with van der Waals surface area (Å²) in [7, 11) is 0. The summed E-state index contributed by atoms with van der Waals surface area (Å²) in [5.41, 5.74) is 7.68. The number of carbonyl (C=O) groups is 1. The average Bonchev–Trinajstić information content (AvgIpc) is 2.81. The fourth-order valence-corrected chi connectivity index (χ4v) is 2.33. The maximum atomic E-state index is 13.3. The van der Waals surface area contributed by atoms with Gasteiger partial charge in [0.25, 0.3) is 5.91 Å². The Bertz CT molecular complexity index is 858. The summed E-state index contributed by atoms with van der Waals surface area (Å²) >= 11 is 0. The first-order valence-corrected chi connectivity index (χ1v) is 6.71. The lowest BCUT2D eigenvalue weighted by molar-refractivity contribution is 0.100. The van der Waals surface area contributed by atoms with Gasteiger partial charge in [0.15, 0.2) is 0 Å². The van der Waals surface area contributed by atoms with Crippen molar-refractivity contribution >= 4 is 22.6 Å². The van der Waals surface area contributed by atoms with Gasteiger partial charge in [0, 0.05) is 23.3 Å². The number of hydrogen-bond acceptors (Lipinski definition) is 4. The van der Waals surface area contributed by atoms with Crippen molar-refractivity contribution in [1.29, 1.82) is 0 Å². The zero-order valence-electron chi connectivity index (χ0n) is 11.9. The smallest absolute Gasteiger partial charge is 0.252 e. The van der Waals surface area contributed by atoms with Gasteiger partial charge < -0.3 is 15.5 Å². The monoisotopic (exact) mass is 299 g/mol. The molecule has 0 spiro atoms. The lowest BCUT2D eigenvalue weighted by Crippen LogP contribution is -2.14. The quantitative estimate of drug-likeness (QED) is 0.776. The van der Waals surface area contributed by atoms with Crippen LogP contribution in [0.2, 0.25) is 0 Å². The number of furan rings is 1. The van der Waals surface area contributed by atoms with Crippen molar-refractivity contribution in [2.24, 2.45) is 5.73 Å². The van der Waals surface area contributed by atoms with E-state index in [1.54, 1.807) is 18.3 Å². The molecule has 0 saturated heterocycles. The van der Waals surface area contributed by atoms with Gasteiger partial charge in [0.2, 0.25) is 0 Å². The molecule has 22 heavy (non-hydrogen) atoms. The van der Waals surface area contributed by atoms with Crippen LogP contribution in [0.3, 0.4) is 0 Å². The van der Waals surface area contributed by atoms with Crippen molar-refractivity contribution in [2.75, 3.05) is 5.32 Å². The van der Waals surface area contributed by atoms with Crippen molar-refractivity contribution in [3.05, 3.63) is 59.4 Å². The van der Waals surface area contributed by atoms with Gasteiger partial charge in [-0.1, -0.05) is 0 Å². The van der Waals surface area contributed by atoms with Crippen LogP contribution in [0.5, 0.6) is 0 Å². The zero-order valence-corrected chi connectivity index (χ0v) is 11.9. The SMILES string of the molecule is Cc1c(CNc2ccncc2C(N)=O)oc2ccc(F)cc12. The highest BCUT2D eigenvalue weighted by Gasteiger charge is 2.13. The second kappa shape index (κ2) is 5.48. The summed E-state index contributed by atoms with van der Waals surface area (Å²) in [5.74, 6) is -0.187. The number of hydrogen-bond donors (Lipinski definition) is 2. The first-order chi connectivity index (χ1) is 10.6.